The molecule has 0 unspecified atom stereocenters. The molecule has 0 bridgehead atoms. The van der Waals surface area contributed by atoms with E-state index in [1.165, 1.54) is 0 Å². The van der Waals surface area contributed by atoms with E-state index < -0.39 is 0 Å². The van der Waals surface area contributed by atoms with Crippen LogP contribution in [0.1, 0.15) is 47.6 Å². The van der Waals surface area contributed by atoms with E-state index in [1.54, 1.807) is 4.57 Å². The van der Waals surface area contributed by atoms with Crippen LogP contribution in [0.3, 0.4) is 0 Å². The molecule has 1 N–H and O–H groups in total. The van der Waals surface area contributed by atoms with Crippen LogP contribution >= 0.6 is 0 Å². The smallest absolute Gasteiger partial charge is 0.263 e. The highest BCUT2D eigenvalue weighted by molar-refractivity contribution is 5.95. The Morgan fingerprint density at radius 2 is 1.62 bits per heavy atom. The van der Waals surface area contributed by atoms with Gasteiger partial charge in [-0.25, -0.2) is 0 Å². The lowest BCUT2D eigenvalue weighted by Crippen LogP contribution is -2.53. The Hall–Kier alpha value is -1.70. The quantitative estimate of drug-likeness (QED) is 0.817. The van der Waals surface area contributed by atoms with Gasteiger partial charge in [0.15, 0.2) is 0 Å². The van der Waals surface area contributed by atoms with Crippen molar-refractivity contribution in [2.75, 3.05) is 59.4 Å². The molecule has 160 valence electrons. The number of rotatable bonds is 3. The molecule has 0 saturated carbocycles. The van der Waals surface area contributed by atoms with Crippen molar-refractivity contribution < 1.29 is 4.79 Å². The van der Waals surface area contributed by atoms with Crippen molar-refractivity contribution in [1.82, 2.24) is 24.6 Å². The summed E-state index contributed by atoms with van der Waals surface area (Å²) in [5, 5.41) is 3.34. The zero-order valence-corrected chi connectivity index (χ0v) is 17.9. The standard InChI is InChI=1S/C22H35N5O2/c1-17-5-12-27(19-3-8-23-9-4-19)22(29)20(17)21(28)26-10-6-18(7-11-26)25-15-13-24(2)14-16-25/h5,12,18-19,23H,3-4,6-11,13-16H2,1-2H3. The first-order chi connectivity index (χ1) is 14.0. The van der Waals surface area contributed by atoms with Crippen LogP contribution in [0.2, 0.25) is 0 Å². The summed E-state index contributed by atoms with van der Waals surface area (Å²) in [6, 6.07) is 2.70. The van der Waals surface area contributed by atoms with Gasteiger partial charge in [0, 0.05) is 57.5 Å². The fraction of sp³-hybridized carbons (Fsp3) is 0.727. The van der Waals surface area contributed by atoms with Gasteiger partial charge in [-0.3, -0.25) is 14.5 Å². The number of likely N-dealkylation sites (tertiary alicyclic amines) is 1. The van der Waals surface area contributed by atoms with E-state index in [9.17, 15) is 9.59 Å². The van der Waals surface area contributed by atoms with Crippen molar-refractivity contribution in [1.29, 1.82) is 0 Å². The maximum atomic E-state index is 13.3. The maximum absolute atomic E-state index is 13.3. The zero-order valence-electron chi connectivity index (χ0n) is 17.9. The van der Waals surface area contributed by atoms with Crippen LogP contribution < -0.4 is 10.9 Å². The van der Waals surface area contributed by atoms with E-state index in [0.29, 0.717) is 11.6 Å². The van der Waals surface area contributed by atoms with Crippen molar-refractivity contribution in [2.45, 2.75) is 44.7 Å². The summed E-state index contributed by atoms with van der Waals surface area (Å²) >= 11 is 0. The number of piperazine rings is 1. The van der Waals surface area contributed by atoms with Crippen LogP contribution in [0.4, 0.5) is 0 Å². The fourth-order valence-corrected chi connectivity index (χ4v) is 5.05. The molecule has 0 aliphatic carbocycles. The van der Waals surface area contributed by atoms with Gasteiger partial charge in [0.05, 0.1) is 0 Å². The van der Waals surface area contributed by atoms with Crippen molar-refractivity contribution in [3.8, 4) is 0 Å². The summed E-state index contributed by atoms with van der Waals surface area (Å²) < 4.78 is 1.80. The minimum absolute atomic E-state index is 0.0763. The minimum Gasteiger partial charge on any atom is -0.338 e. The summed E-state index contributed by atoms with van der Waals surface area (Å²) in [6.07, 6.45) is 5.76. The molecule has 7 heteroatoms. The van der Waals surface area contributed by atoms with Gasteiger partial charge in [-0.15, -0.1) is 0 Å². The summed E-state index contributed by atoms with van der Waals surface area (Å²) in [5.41, 5.74) is 1.07. The largest absolute Gasteiger partial charge is 0.338 e. The van der Waals surface area contributed by atoms with Crippen LogP contribution in [0.5, 0.6) is 0 Å². The van der Waals surface area contributed by atoms with Gasteiger partial charge in [-0.2, -0.15) is 0 Å². The molecule has 0 atom stereocenters. The summed E-state index contributed by atoms with van der Waals surface area (Å²) in [5.74, 6) is -0.0763. The molecule has 1 amide bonds. The Kier molecular flexibility index (Phi) is 6.37. The predicted octanol–water partition coefficient (Wildman–Crippen LogP) is 0.933. The molecular weight excluding hydrogens is 366 g/mol. The molecule has 1 aromatic heterocycles. The summed E-state index contributed by atoms with van der Waals surface area (Å²) in [4.78, 5) is 33.3. The van der Waals surface area contributed by atoms with Crippen LogP contribution in [0.25, 0.3) is 0 Å². The van der Waals surface area contributed by atoms with Gasteiger partial charge in [0.2, 0.25) is 0 Å². The molecule has 3 aliphatic heterocycles. The molecule has 7 nitrogen and oxygen atoms in total. The Morgan fingerprint density at radius 3 is 2.28 bits per heavy atom. The first-order valence-corrected chi connectivity index (χ1v) is 11.2. The van der Waals surface area contributed by atoms with Crippen molar-refractivity contribution in [2.24, 2.45) is 0 Å². The van der Waals surface area contributed by atoms with E-state index in [0.717, 1.165) is 83.6 Å². The van der Waals surface area contributed by atoms with Crippen molar-refractivity contribution in [3.63, 3.8) is 0 Å². The van der Waals surface area contributed by atoms with E-state index in [1.807, 2.05) is 24.1 Å². The number of carbonyl (C=O) groups is 1. The average Bonchev–Trinajstić information content (AvgIpc) is 2.75. The third-order valence-electron chi connectivity index (χ3n) is 7.05. The Labute approximate surface area is 173 Å². The monoisotopic (exact) mass is 401 g/mol. The van der Waals surface area contributed by atoms with Crippen LogP contribution in [-0.2, 0) is 0 Å². The first kappa shape index (κ1) is 20.6. The lowest BCUT2D eigenvalue weighted by molar-refractivity contribution is 0.0516. The first-order valence-electron chi connectivity index (χ1n) is 11.2. The van der Waals surface area contributed by atoms with Crippen molar-refractivity contribution >= 4 is 5.91 Å². The van der Waals surface area contributed by atoms with E-state index in [-0.39, 0.29) is 17.5 Å². The number of aromatic nitrogens is 1. The molecule has 3 fully saturated rings. The number of likely N-dealkylation sites (N-methyl/N-ethyl adjacent to an activating group) is 1. The average molecular weight is 402 g/mol. The number of hydrogen-bond donors (Lipinski definition) is 1. The number of aryl methyl sites for hydroxylation is 1. The Balaban J connectivity index is 1.44. The van der Waals surface area contributed by atoms with E-state index in [2.05, 4.69) is 22.2 Å². The second kappa shape index (κ2) is 8.98. The van der Waals surface area contributed by atoms with Gasteiger partial charge in [-0.1, -0.05) is 0 Å². The topological polar surface area (TPSA) is 60.8 Å². The maximum Gasteiger partial charge on any atom is 0.263 e. The molecule has 0 radical (unpaired) electrons. The highest BCUT2D eigenvalue weighted by Gasteiger charge is 2.31. The molecule has 0 spiro atoms. The van der Waals surface area contributed by atoms with E-state index in [4.69, 9.17) is 0 Å². The van der Waals surface area contributed by atoms with Crippen LogP contribution in [-0.4, -0.2) is 90.6 Å². The normalized spacial score (nSPS) is 23.4. The zero-order chi connectivity index (χ0) is 20.4. The number of pyridine rings is 1. The molecule has 3 saturated heterocycles. The summed E-state index contributed by atoms with van der Waals surface area (Å²) in [6.45, 7) is 9.72. The third kappa shape index (κ3) is 4.42. The second-order valence-electron chi connectivity index (χ2n) is 8.93. The van der Waals surface area contributed by atoms with Gasteiger partial charge in [-0.05, 0) is 64.4 Å². The SMILES string of the molecule is Cc1ccn(C2CCNCC2)c(=O)c1C(=O)N1CCC(N2CCN(C)CC2)CC1. The number of hydrogen-bond acceptors (Lipinski definition) is 5. The Bertz CT molecular complexity index is 770. The van der Waals surface area contributed by atoms with Gasteiger partial charge in [0.1, 0.15) is 5.56 Å². The molecule has 0 aromatic carbocycles. The molecular formula is C22H35N5O2. The molecule has 4 rings (SSSR count). The lowest BCUT2D eigenvalue weighted by atomic mass is 10.0. The Morgan fingerprint density at radius 1 is 0.966 bits per heavy atom. The van der Waals surface area contributed by atoms with Gasteiger partial charge >= 0.3 is 0 Å². The highest BCUT2D eigenvalue weighted by atomic mass is 16.2. The number of carbonyl (C=O) groups excluding carboxylic acids is 1. The van der Waals surface area contributed by atoms with Crippen molar-refractivity contribution in [3.05, 3.63) is 33.7 Å². The van der Waals surface area contributed by atoms with Crippen LogP contribution in [0.15, 0.2) is 17.1 Å². The van der Waals surface area contributed by atoms with E-state index >= 15 is 0 Å². The second-order valence-corrected chi connectivity index (χ2v) is 8.93. The third-order valence-corrected chi connectivity index (χ3v) is 7.05. The number of nitrogens with zero attached hydrogens (tertiary/aromatic N) is 4. The number of nitrogens with one attached hydrogen (secondary N) is 1. The molecule has 29 heavy (non-hydrogen) atoms. The van der Waals surface area contributed by atoms with Crippen LogP contribution in [0, 0.1) is 6.92 Å². The molecule has 1 aromatic rings. The summed E-state index contributed by atoms with van der Waals surface area (Å²) in [7, 11) is 2.18. The fourth-order valence-electron chi connectivity index (χ4n) is 5.05. The molecule has 4 heterocycles. The minimum atomic E-state index is -0.108. The number of amides is 1. The number of piperidine rings is 2. The van der Waals surface area contributed by atoms with Gasteiger partial charge < -0.3 is 19.7 Å². The highest BCUT2D eigenvalue weighted by Crippen LogP contribution is 2.21. The predicted molar refractivity (Wildman–Crippen MR) is 115 cm³/mol. The molecule has 3 aliphatic rings. The van der Waals surface area contributed by atoms with Gasteiger partial charge in [0.25, 0.3) is 11.5 Å². The lowest BCUT2D eigenvalue weighted by Gasteiger charge is -2.42.